The Balaban J connectivity index is 1.71. The van der Waals surface area contributed by atoms with Gasteiger partial charge >= 0.3 is 0 Å². The van der Waals surface area contributed by atoms with Crippen molar-refractivity contribution in [1.29, 1.82) is 0 Å². The lowest BCUT2D eigenvalue weighted by Gasteiger charge is -2.28. The van der Waals surface area contributed by atoms with Gasteiger partial charge in [0.15, 0.2) is 5.78 Å². The molecule has 5 nitrogen and oxygen atoms in total. The monoisotopic (exact) mass is 546 g/mol. The zero-order valence-electron chi connectivity index (χ0n) is 19.6. The molecule has 4 unspecified atom stereocenters. The molecule has 1 aliphatic rings. The number of hydrogen-bond acceptors (Lipinski definition) is 5. The molecule has 4 aromatic rings. The van der Waals surface area contributed by atoms with E-state index < -0.39 is 29.8 Å². The second-order valence-electron chi connectivity index (χ2n) is 8.74. The standard InChI is InChI=1S/C29H23ClN2O3S2/c30-20-13-11-19(12-14-20)24-25(27(33)22-8-4-16-36-22)21(15-10-18-6-2-1-3-7-18)32(26(24)28(31)34)29(35)23-9-5-17-37-23/h1-17,21,24-26H,(H2,31,34). The van der Waals surface area contributed by atoms with Crippen LogP contribution in [0.5, 0.6) is 0 Å². The summed E-state index contributed by atoms with van der Waals surface area (Å²) in [6.07, 6.45) is 3.74. The van der Waals surface area contributed by atoms with Crippen LogP contribution in [0.2, 0.25) is 5.02 Å². The largest absolute Gasteiger partial charge is 0.368 e. The van der Waals surface area contributed by atoms with E-state index in [4.69, 9.17) is 17.3 Å². The van der Waals surface area contributed by atoms with Gasteiger partial charge in [-0.1, -0.05) is 78.4 Å². The molecular weight excluding hydrogens is 524 g/mol. The fourth-order valence-electron chi connectivity index (χ4n) is 5.01. The third kappa shape index (κ3) is 5.03. The Labute approximate surface area is 227 Å². The molecule has 0 bridgehead atoms. The van der Waals surface area contributed by atoms with Crippen molar-refractivity contribution in [3.8, 4) is 0 Å². The average Bonchev–Trinajstić information content (AvgIpc) is 3.68. The highest BCUT2D eigenvalue weighted by atomic mass is 35.5. The maximum absolute atomic E-state index is 14.1. The maximum Gasteiger partial charge on any atom is 0.265 e. The number of ketones is 1. The van der Waals surface area contributed by atoms with Gasteiger partial charge in [-0.15, -0.1) is 22.7 Å². The van der Waals surface area contributed by atoms with Gasteiger partial charge in [0.25, 0.3) is 5.91 Å². The van der Waals surface area contributed by atoms with Crippen molar-refractivity contribution in [2.24, 2.45) is 11.7 Å². The number of rotatable bonds is 7. The van der Waals surface area contributed by atoms with Crippen molar-refractivity contribution in [2.45, 2.75) is 18.0 Å². The van der Waals surface area contributed by atoms with Crippen molar-refractivity contribution >= 4 is 57.9 Å². The minimum Gasteiger partial charge on any atom is -0.368 e. The first-order chi connectivity index (χ1) is 18.0. The summed E-state index contributed by atoms with van der Waals surface area (Å²) >= 11 is 8.78. The van der Waals surface area contributed by atoms with Crippen LogP contribution in [0, 0.1) is 5.92 Å². The van der Waals surface area contributed by atoms with Crippen molar-refractivity contribution < 1.29 is 14.4 Å². The average molecular weight is 547 g/mol. The summed E-state index contributed by atoms with van der Waals surface area (Å²) in [4.78, 5) is 43.6. The van der Waals surface area contributed by atoms with Crippen LogP contribution in [-0.4, -0.2) is 34.6 Å². The quantitative estimate of drug-likeness (QED) is 0.283. The molecule has 1 aliphatic heterocycles. The molecule has 3 heterocycles. The smallest absolute Gasteiger partial charge is 0.265 e. The molecule has 2 N–H and O–H groups in total. The molecule has 2 amide bonds. The van der Waals surface area contributed by atoms with Crippen LogP contribution < -0.4 is 5.73 Å². The number of nitrogens with two attached hydrogens (primary N) is 1. The molecular formula is C29H23ClN2O3S2. The first-order valence-electron chi connectivity index (χ1n) is 11.7. The minimum absolute atomic E-state index is 0.134. The lowest BCUT2D eigenvalue weighted by Crippen LogP contribution is -2.48. The van der Waals surface area contributed by atoms with Crippen LogP contribution in [0.25, 0.3) is 6.08 Å². The molecule has 8 heteroatoms. The van der Waals surface area contributed by atoms with Crippen LogP contribution in [0.4, 0.5) is 0 Å². The zero-order chi connectivity index (χ0) is 25.9. The first kappa shape index (κ1) is 25.1. The number of primary amides is 1. The summed E-state index contributed by atoms with van der Waals surface area (Å²) < 4.78 is 0. The number of halogens is 1. The number of benzene rings is 2. The Morgan fingerprint density at radius 2 is 1.49 bits per heavy atom. The molecule has 1 fully saturated rings. The lowest BCUT2D eigenvalue weighted by molar-refractivity contribution is -0.122. The Kier molecular flexibility index (Phi) is 7.37. The molecule has 4 atom stereocenters. The summed E-state index contributed by atoms with van der Waals surface area (Å²) in [5, 5.41) is 4.18. The van der Waals surface area contributed by atoms with E-state index >= 15 is 0 Å². The highest BCUT2D eigenvalue weighted by molar-refractivity contribution is 7.12. The number of likely N-dealkylation sites (tertiary alicyclic amines) is 1. The first-order valence-corrected chi connectivity index (χ1v) is 13.8. The third-order valence-corrected chi connectivity index (χ3v) is 8.58. The number of hydrogen-bond donors (Lipinski definition) is 1. The summed E-state index contributed by atoms with van der Waals surface area (Å²) in [7, 11) is 0. The molecule has 0 radical (unpaired) electrons. The van der Waals surface area contributed by atoms with Gasteiger partial charge in [-0.05, 0) is 46.2 Å². The Hall–Kier alpha value is -3.52. The summed E-state index contributed by atoms with van der Waals surface area (Å²) in [5.74, 6) is -2.52. The Morgan fingerprint density at radius 1 is 0.838 bits per heavy atom. The normalized spacial score (nSPS) is 21.4. The predicted molar refractivity (Wildman–Crippen MR) is 149 cm³/mol. The fourth-order valence-corrected chi connectivity index (χ4v) is 6.51. The van der Waals surface area contributed by atoms with E-state index in [1.54, 1.807) is 42.5 Å². The van der Waals surface area contributed by atoms with Gasteiger partial charge in [-0.25, -0.2) is 0 Å². The van der Waals surface area contributed by atoms with Gasteiger partial charge < -0.3 is 10.6 Å². The fraction of sp³-hybridized carbons (Fsp3) is 0.138. The summed E-state index contributed by atoms with van der Waals surface area (Å²) in [6.45, 7) is 0. The maximum atomic E-state index is 14.1. The highest BCUT2D eigenvalue weighted by Gasteiger charge is 2.56. The Morgan fingerprint density at radius 3 is 2.08 bits per heavy atom. The molecule has 0 aliphatic carbocycles. The van der Waals surface area contributed by atoms with Crippen molar-refractivity contribution in [2.75, 3.05) is 0 Å². The number of amides is 2. The molecule has 0 spiro atoms. The van der Waals surface area contributed by atoms with E-state index in [1.807, 2.05) is 59.3 Å². The topological polar surface area (TPSA) is 80.5 Å². The van der Waals surface area contributed by atoms with E-state index in [-0.39, 0.29) is 11.7 Å². The summed E-state index contributed by atoms with van der Waals surface area (Å²) in [6, 6.07) is 22.0. The van der Waals surface area contributed by atoms with Crippen LogP contribution in [-0.2, 0) is 4.79 Å². The minimum atomic E-state index is -1.03. The van der Waals surface area contributed by atoms with Crippen LogP contribution >= 0.6 is 34.3 Å². The second kappa shape index (κ2) is 10.8. The third-order valence-electron chi connectivity index (χ3n) is 6.58. The molecule has 1 saturated heterocycles. The van der Waals surface area contributed by atoms with Gasteiger partial charge in [-0.2, -0.15) is 0 Å². The van der Waals surface area contributed by atoms with Crippen molar-refractivity contribution in [3.63, 3.8) is 0 Å². The number of thiophene rings is 2. The second-order valence-corrected chi connectivity index (χ2v) is 11.1. The number of Topliss-reactive ketones (excluding diaryl/α,β-unsaturated/α-hetero) is 1. The molecule has 37 heavy (non-hydrogen) atoms. The van der Waals surface area contributed by atoms with E-state index in [1.165, 1.54) is 27.6 Å². The van der Waals surface area contributed by atoms with Gasteiger partial charge in [0, 0.05) is 10.9 Å². The zero-order valence-corrected chi connectivity index (χ0v) is 22.0. The van der Waals surface area contributed by atoms with Gasteiger partial charge in [0.2, 0.25) is 5.91 Å². The van der Waals surface area contributed by atoms with Crippen molar-refractivity contribution in [3.05, 3.63) is 122 Å². The van der Waals surface area contributed by atoms with Crippen LogP contribution in [0.1, 0.15) is 36.4 Å². The lowest BCUT2D eigenvalue weighted by atomic mass is 9.78. The molecule has 186 valence electrons. The van der Waals surface area contributed by atoms with E-state index in [9.17, 15) is 14.4 Å². The predicted octanol–water partition coefficient (Wildman–Crippen LogP) is 6.14. The molecule has 2 aromatic heterocycles. The number of carbonyl (C=O) groups is 3. The molecule has 2 aromatic carbocycles. The number of carbonyl (C=O) groups excluding carboxylic acids is 3. The van der Waals surface area contributed by atoms with Gasteiger partial charge in [0.1, 0.15) is 6.04 Å². The Bertz CT molecular complexity index is 1420. The highest BCUT2D eigenvalue weighted by Crippen LogP contribution is 2.46. The van der Waals surface area contributed by atoms with Gasteiger partial charge in [-0.3, -0.25) is 14.4 Å². The number of nitrogens with zero attached hydrogens (tertiary/aromatic N) is 1. The van der Waals surface area contributed by atoms with E-state index in [0.717, 1.165) is 11.1 Å². The van der Waals surface area contributed by atoms with Crippen LogP contribution in [0.15, 0.2) is 95.7 Å². The molecule has 0 saturated carbocycles. The van der Waals surface area contributed by atoms with E-state index in [0.29, 0.717) is 14.8 Å². The van der Waals surface area contributed by atoms with Crippen LogP contribution in [0.3, 0.4) is 0 Å². The summed E-state index contributed by atoms with van der Waals surface area (Å²) in [5.41, 5.74) is 7.64. The molecule has 5 rings (SSSR count). The van der Waals surface area contributed by atoms with E-state index in [2.05, 4.69) is 0 Å². The SMILES string of the molecule is NC(=O)C1C(c2ccc(Cl)cc2)C(C(=O)c2cccs2)C(C=Cc2ccccc2)N1C(=O)c1cccs1. The van der Waals surface area contributed by atoms with Gasteiger partial charge in [0.05, 0.1) is 21.7 Å². The van der Waals surface area contributed by atoms with Crippen molar-refractivity contribution in [1.82, 2.24) is 4.90 Å².